The van der Waals surface area contributed by atoms with E-state index in [1.807, 2.05) is 62.3 Å². The topological polar surface area (TPSA) is 29.5 Å². The zero-order chi connectivity index (χ0) is 13.8. The molecule has 0 amide bonds. The quantitative estimate of drug-likeness (QED) is 0.622. The molecular formula is C16H17NO2. The summed E-state index contributed by atoms with van der Waals surface area (Å²) in [4.78, 5) is 14.0. The first-order valence-electron chi connectivity index (χ1n) is 6.13. The predicted molar refractivity (Wildman–Crippen MR) is 76.9 cm³/mol. The molecule has 3 heteroatoms. The molecule has 0 fully saturated rings. The van der Waals surface area contributed by atoms with E-state index in [0.717, 1.165) is 11.3 Å². The Labute approximate surface area is 113 Å². The molecule has 0 bridgehead atoms. The molecule has 0 aromatic heterocycles. The van der Waals surface area contributed by atoms with Crippen LogP contribution in [-0.4, -0.2) is 20.1 Å². The molecule has 0 spiro atoms. The van der Waals surface area contributed by atoms with Crippen LogP contribution in [0.25, 0.3) is 0 Å². The second-order valence-corrected chi connectivity index (χ2v) is 4.62. The van der Waals surface area contributed by atoms with Crippen molar-refractivity contribution in [3.8, 4) is 5.75 Å². The lowest BCUT2D eigenvalue weighted by molar-refractivity contribution is 0.0735. The van der Waals surface area contributed by atoms with Crippen LogP contribution in [-0.2, 0) is 0 Å². The Balaban J connectivity index is 2.28. The zero-order valence-electron chi connectivity index (χ0n) is 11.4. The lowest BCUT2D eigenvalue weighted by Crippen LogP contribution is -2.14. The summed E-state index contributed by atoms with van der Waals surface area (Å²) in [5, 5.41) is 0. The maximum Gasteiger partial charge on any atom is 0.343 e. The molecule has 0 unspecified atom stereocenters. The lowest BCUT2D eigenvalue weighted by atomic mass is 10.2. The van der Waals surface area contributed by atoms with Crippen molar-refractivity contribution in [1.29, 1.82) is 0 Å². The molecule has 0 N–H and O–H groups in total. The molecule has 0 atom stereocenters. The number of hydrogen-bond donors (Lipinski definition) is 0. The molecular weight excluding hydrogens is 238 g/mol. The van der Waals surface area contributed by atoms with Crippen LogP contribution < -0.4 is 9.64 Å². The summed E-state index contributed by atoms with van der Waals surface area (Å²) >= 11 is 0. The van der Waals surface area contributed by atoms with Crippen LogP contribution >= 0.6 is 0 Å². The third-order valence-corrected chi connectivity index (χ3v) is 2.81. The summed E-state index contributed by atoms with van der Waals surface area (Å²) in [5.74, 6) is 0.244. The molecule has 0 aliphatic rings. The van der Waals surface area contributed by atoms with Crippen molar-refractivity contribution in [3.05, 3.63) is 59.7 Å². The normalized spacial score (nSPS) is 10.1. The number of ether oxygens (including phenoxy) is 1. The lowest BCUT2D eigenvalue weighted by Gasteiger charge is -2.17. The minimum atomic E-state index is -0.339. The Morgan fingerprint density at radius 1 is 1.05 bits per heavy atom. The second kappa shape index (κ2) is 5.57. The molecule has 0 radical (unpaired) electrons. The van der Waals surface area contributed by atoms with E-state index in [9.17, 15) is 4.79 Å². The summed E-state index contributed by atoms with van der Waals surface area (Å²) in [6.45, 7) is 1.97. The van der Waals surface area contributed by atoms with Crippen molar-refractivity contribution in [1.82, 2.24) is 0 Å². The first-order valence-corrected chi connectivity index (χ1v) is 6.13. The van der Waals surface area contributed by atoms with Crippen LogP contribution in [0.1, 0.15) is 15.9 Å². The van der Waals surface area contributed by atoms with E-state index in [4.69, 9.17) is 4.74 Å². The summed E-state index contributed by atoms with van der Waals surface area (Å²) in [7, 11) is 3.84. The van der Waals surface area contributed by atoms with E-state index in [2.05, 4.69) is 0 Å². The van der Waals surface area contributed by atoms with Gasteiger partial charge in [-0.15, -0.1) is 0 Å². The van der Waals surface area contributed by atoms with Gasteiger partial charge in [-0.05, 0) is 36.8 Å². The van der Waals surface area contributed by atoms with E-state index < -0.39 is 0 Å². The molecule has 0 aliphatic carbocycles. The fourth-order valence-corrected chi connectivity index (χ4v) is 1.81. The third-order valence-electron chi connectivity index (χ3n) is 2.81. The molecule has 3 nitrogen and oxygen atoms in total. The van der Waals surface area contributed by atoms with Crippen molar-refractivity contribution in [2.24, 2.45) is 0 Å². The van der Waals surface area contributed by atoms with E-state index in [0.29, 0.717) is 11.3 Å². The van der Waals surface area contributed by atoms with E-state index >= 15 is 0 Å². The Bertz CT molecular complexity index is 577. The zero-order valence-corrected chi connectivity index (χ0v) is 11.4. The van der Waals surface area contributed by atoms with Gasteiger partial charge in [-0.2, -0.15) is 0 Å². The number of anilines is 1. The average molecular weight is 255 g/mol. The van der Waals surface area contributed by atoms with Crippen molar-refractivity contribution in [3.63, 3.8) is 0 Å². The van der Waals surface area contributed by atoms with Gasteiger partial charge in [0.1, 0.15) is 0 Å². The first-order chi connectivity index (χ1) is 9.08. The number of esters is 1. The van der Waals surface area contributed by atoms with E-state index in [1.165, 1.54) is 0 Å². The van der Waals surface area contributed by atoms with Crippen molar-refractivity contribution < 1.29 is 9.53 Å². The van der Waals surface area contributed by atoms with Crippen LogP contribution in [0.5, 0.6) is 5.75 Å². The molecule has 2 aromatic rings. The largest absolute Gasteiger partial charge is 0.421 e. The highest BCUT2D eigenvalue weighted by Crippen LogP contribution is 2.28. The van der Waals surface area contributed by atoms with Crippen molar-refractivity contribution in [2.45, 2.75) is 6.92 Å². The van der Waals surface area contributed by atoms with E-state index in [-0.39, 0.29) is 5.97 Å². The fraction of sp³-hybridized carbons (Fsp3) is 0.188. The maximum absolute atomic E-state index is 12.1. The number of benzene rings is 2. The second-order valence-electron chi connectivity index (χ2n) is 4.62. The highest BCUT2D eigenvalue weighted by atomic mass is 16.5. The summed E-state index contributed by atoms with van der Waals surface area (Å²) in [5.41, 5.74) is 2.49. The van der Waals surface area contributed by atoms with Crippen LogP contribution in [0.3, 0.4) is 0 Å². The van der Waals surface area contributed by atoms with Gasteiger partial charge in [-0.25, -0.2) is 4.79 Å². The number of hydrogen-bond acceptors (Lipinski definition) is 3. The molecule has 0 saturated heterocycles. The smallest absolute Gasteiger partial charge is 0.343 e. The standard InChI is InChI=1S/C16H17NO2/c1-12-9-10-14(17(2)3)15(11-12)19-16(18)13-7-5-4-6-8-13/h4-11H,1-3H3. The summed E-state index contributed by atoms with van der Waals surface area (Å²) < 4.78 is 5.49. The van der Waals surface area contributed by atoms with Gasteiger partial charge < -0.3 is 9.64 Å². The molecule has 0 aliphatic heterocycles. The van der Waals surface area contributed by atoms with Gasteiger partial charge in [0.25, 0.3) is 0 Å². The van der Waals surface area contributed by atoms with Gasteiger partial charge in [0, 0.05) is 14.1 Å². The molecule has 0 saturated carbocycles. The molecule has 2 aromatic carbocycles. The highest BCUT2D eigenvalue weighted by molar-refractivity contribution is 5.91. The van der Waals surface area contributed by atoms with Gasteiger partial charge in [-0.3, -0.25) is 0 Å². The third kappa shape index (κ3) is 3.13. The SMILES string of the molecule is Cc1ccc(N(C)C)c(OC(=O)c2ccccc2)c1. The fourth-order valence-electron chi connectivity index (χ4n) is 1.81. The van der Waals surface area contributed by atoms with Crippen molar-refractivity contribution >= 4 is 11.7 Å². The minimum absolute atomic E-state index is 0.339. The van der Waals surface area contributed by atoms with Crippen LogP contribution in [0.2, 0.25) is 0 Å². The summed E-state index contributed by atoms with van der Waals surface area (Å²) in [6, 6.07) is 14.8. The minimum Gasteiger partial charge on any atom is -0.421 e. The Kier molecular flexibility index (Phi) is 3.85. The van der Waals surface area contributed by atoms with Gasteiger partial charge >= 0.3 is 5.97 Å². The van der Waals surface area contributed by atoms with Crippen LogP contribution in [0.4, 0.5) is 5.69 Å². The first kappa shape index (κ1) is 13.1. The van der Waals surface area contributed by atoms with E-state index in [1.54, 1.807) is 12.1 Å². The molecule has 19 heavy (non-hydrogen) atoms. The number of carbonyl (C=O) groups is 1. The Hall–Kier alpha value is -2.29. The Morgan fingerprint density at radius 3 is 2.37 bits per heavy atom. The molecule has 0 heterocycles. The van der Waals surface area contributed by atoms with Crippen LogP contribution in [0.15, 0.2) is 48.5 Å². The average Bonchev–Trinajstić information content (AvgIpc) is 2.39. The van der Waals surface area contributed by atoms with Crippen LogP contribution in [0, 0.1) is 6.92 Å². The predicted octanol–water partition coefficient (Wildman–Crippen LogP) is 3.28. The molecule has 98 valence electrons. The number of carbonyl (C=O) groups excluding carboxylic acids is 1. The number of nitrogens with zero attached hydrogens (tertiary/aromatic N) is 1. The molecule has 2 rings (SSSR count). The number of aryl methyl sites for hydroxylation is 1. The van der Waals surface area contributed by atoms with Crippen molar-refractivity contribution in [2.75, 3.05) is 19.0 Å². The Morgan fingerprint density at radius 2 is 1.74 bits per heavy atom. The number of rotatable bonds is 3. The van der Waals surface area contributed by atoms with Gasteiger partial charge in [-0.1, -0.05) is 24.3 Å². The van der Waals surface area contributed by atoms with Gasteiger partial charge in [0.05, 0.1) is 11.3 Å². The highest BCUT2D eigenvalue weighted by Gasteiger charge is 2.12. The van der Waals surface area contributed by atoms with Gasteiger partial charge in [0.2, 0.25) is 0 Å². The van der Waals surface area contributed by atoms with Gasteiger partial charge in [0.15, 0.2) is 5.75 Å². The monoisotopic (exact) mass is 255 g/mol. The summed E-state index contributed by atoms with van der Waals surface area (Å²) in [6.07, 6.45) is 0. The maximum atomic E-state index is 12.1.